The molecule has 0 amide bonds. The summed E-state index contributed by atoms with van der Waals surface area (Å²) in [5.74, 6) is 1.50. The fourth-order valence-corrected chi connectivity index (χ4v) is 3.99. The minimum atomic E-state index is -1.48. The van der Waals surface area contributed by atoms with Crippen molar-refractivity contribution >= 4 is 13.9 Å². The highest BCUT2D eigenvalue weighted by Gasteiger charge is 2.25. The summed E-state index contributed by atoms with van der Waals surface area (Å²) >= 11 is 0. The number of nitrogens with zero attached hydrogens (tertiary/aromatic N) is 2. The molecule has 0 saturated heterocycles. The van der Waals surface area contributed by atoms with E-state index >= 15 is 0 Å². The smallest absolute Gasteiger partial charge is 0.218 e. The second kappa shape index (κ2) is 12.7. The number of methoxy groups -OCH3 is 1. The SMILES string of the molecule is CCCCc1ncc(C(=O)c2ccc(OC)cc2OCc2ccccc2)n1OCOC(C)[Si](C)(C)C. The van der Waals surface area contributed by atoms with Crippen LogP contribution >= 0.6 is 0 Å². The van der Waals surface area contributed by atoms with Crippen LogP contribution in [0.25, 0.3) is 0 Å². The molecule has 7 nitrogen and oxygen atoms in total. The number of benzene rings is 2. The number of aromatic nitrogens is 2. The summed E-state index contributed by atoms with van der Waals surface area (Å²) in [7, 11) is 0.104. The van der Waals surface area contributed by atoms with Gasteiger partial charge in [-0.25, -0.2) is 4.98 Å². The van der Waals surface area contributed by atoms with E-state index in [1.54, 1.807) is 31.5 Å². The molecule has 0 aliphatic carbocycles. The van der Waals surface area contributed by atoms with Gasteiger partial charge in [0.1, 0.15) is 29.6 Å². The molecule has 0 radical (unpaired) electrons. The molecule has 1 heterocycles. The molecule has 8 heteroatoms. The molecule has 3 aromatic rings. The first-order valence-corrected chi connectivity index (χ1v) is 16.0. The van der Waals surface area contributed by atoms with E-state index in [-0.39, 0.29) is 18.3 Å². The number of imidazole rings is 1. The molecule has 0 aliphatic rings. The van der Waals surface area contributed by atoms with Gasteiger partial charge in [0.2, 0.25) is 12.6 Å². The van der Waals surface area contributed by atoms with Gasteiger partial charge < -0.3 is 19.0 Å². The van der Waals surface area contributed by atoms with E-state index in [0.717, 1.165) is 18.4 Å². The second-order valence-corrected chi connectivity index (χ2v) is 15.4. The number of rotatable bonds is 14. The van der Waals surface area contributed by atoms with Crippen LogP contribution in [0, 0.1) is 0 Å². The molecule has 3 rings (SSSR count). The molecule has 0 N–H and O–H groups in total. The molecule has 0 spiro atoms. The molecule has 0 bridgehead atoms. The molecule has 2 aromatic carbocycles. The van der Waals surface area contributed by atoms with Crippen LogP contribution in [0.15, 0.2) is 54.7 Å². The maximum atomic E-state index is 13.7. The Hall–Kier alpha value is -3.10. The Morgan fingerprint density at radius 3 is 2.53 bits per heavy atom. The maximum absolute atomic E-state index is 13.7. The van der Waals surface area contributed by atoms with Crippen molar-refractivity contribution in [3.63, 3.8) is 0 Å². The summed E-state index contributed by atoms with van der Waals surface area (Å²) in [5.41, 5.74) is 1.86. The topological polar surface area (TPSA) is 71.8 Å². The second-order valence-electron chi connectivity index (χ2n) is 9.84. The number of aryl methyl sites for hydroxylation is 1. The molecule has 0 aliphatic heterocycles. The van der Waals surface area contributed by atoms with Crippen molar-refractivity contribution in [2.24, 2.45) is 0 Å². The van der Waals surface area contributed by atoms with Gasteiger partial charge in [0.05, 0.1) is 26.9 Å². The van der Waals surface area contributed by atoms with Gasteiger partial charge in [-0.2, -0.15) is 4.73 Å². The first kappa shape index (κ1) is 27.5. The van der Waals surface area contributed by atoms with Crippen LogP contribution in [0.1, 0.15) is 54.1 Å². The van der Waals surface area contributed by atoms with Crippen molar-refractivity contribution in [3.05, 3.63) is 77.4 Å². The minimum Gasteiger partial charge on any atom is -0.497 e. The Morgan fingerprint density at radius 1 is 1.11 bits per heavy atom. The summed E-state index contributed by atoms with van der Waals surface area (Å²) in [6.45, 7) is 11.3. The highest BCUT2D eigenvalue weighted by Crippen LogP contribution is 2.28. The predicted molar refractivity (Wildman–Crippen MR) is 143 cm³/mol. The van der Waals surface area contributed by atoms with Gasteiger partial charge in [0.25, 0.3) is 0 Å². The lowest BCUT2D eigenvalue weighted by atomic mass is 10.1. The van der Waals surface area contributed by atoms with Crippen LogP contribution in [-0.4, -0.2) is 43.2 Å². The monoisotopic (exact) mass is 510 g/mol. The zero-order valence-electron chi connectivity index (χ0n) is 22.2. The third-order valence-corrected chi connectivity index (χ3v) is 8.77. The average Bonchev–Trinajstić information content (AvgIpc) is 3.28. The van der Waals surface area contributed by atoms with Crippen LogP contribution < -0.4 is 14.3 Å². The van der Waals surface area contributed by atoms with Crippen molar-refractivity contribution in [1.82, 2.24) is 9.71 Å². The minimum absolute atomic E-state index is 0.0428. The third kappa shape index (κ3) is 7.21. The molecular formula is C28H38N2O5Si. The predicted octanol–water partition coefficient (Wildman–Crippen LogP) is 5.71. The van der Waals surface area contributed by atoms with Crippen LogP contribution in [0.4, 0.5) is 0 Å². The Kier molecular flexibility index (Phi) is 9.72. The summed E-state index contributed by atoms with van der Waals surface area (Å²) in [6, 6.07) is 15.0. The zero-order chi connectivity index (χ0) is 26.1. The van der Waals surface area contributed by atoms with E-state index in [1.807, 2.05) is 30.3 Å². The molecule has 1 unspecified atom stereocenters. The largest absolute Gasteiger partial charge is 0.497 e. The number of unbranched alkanes of at least 4 members (excludes halogenated alkanes) is 1. The average molecular weight is 511 g/mol. The Morgan fingerprint density at radius 2 is 1.86 bits per heavy atom. The van der Waals surface area contributed by atoms with Crippen LogP contribution in [0.5, 0.6) is 11.5 Å². The van der Waals surface area contributed by atoms with Crippen molar-refractivity contribution in [1.29, 1.82) is 0 Å². The first-order chi connectivity index (χ1) is 17.2. The standard InChI is InChI=1S/C28H38N2O5Si/c1-7-8-14-27-29-18-25(30(27)35-20-34-21(2)36(4,5)6)28(31)24-16-15-23(32-3)17-26(24)33-19-22-12-10-9-11-13-22/h9-13,15-18,21H,7-8,14,19-20H2,1-6H3. The number of hydrogen-bond donors (Lipinski definition) is 0. The summed E-state index contributed by atoms with van der Waals surface area (Å²) < 4.78 is 18.9. The number of carbonyl (C=O) groups is 1. The van der Waals surface area contributed by atoms with Crippen molar-refractivity contribution < 1.29 is 23.8 Å². The van der Waals surface area contributed by atoms with E-state index in [2.05, 4.69) is 38.5 Å². The van der Waals surface area contributed by atoms with Gasteiger partial charge in [0, 0.05) is 18.2 Å². The maximum Gasteiger partial charge on any atom is 0.218 e. The van der Waals surface area contributed by atoms with Gasteiger partial charge >= 0.3 is 0 Å². The molecule has 1 aromatic heterocycles. The van der Waals surface area contributed by atoms with Crippen molar-refractivity contribution in [2.45, 2.75) is 65.1 Å². The molecule has 36 heavy (non-hydrogen) atoms. The van der Waals surface area contributed by atoms with E-state index < -0.39 is 8.07 Å². The molecular weight excluding hydrogens is 472 g/mol. The quantitative estimate of drug-likeness (QED) is 0.157. The van der Waals surface area contributed by atoms with Gasteiger partial charge in [-0.15, -0.1) is 0 Å². The van der Waals surface area contributed by atoms with E-state index in [9.17, 15) is 4.79 Å². The highest BCUT2D eigenvalue weighted by molar-refractivity contribution is 6.77. The lowest BCUT2D eigenvalue weighted by molar-refractivity contribution is -0.0730. The normalized spacial score (nSPS) is 12.3. The lowest BCUT2D eigenvalue weighted by Crippen LogP contribution is -2.39. The summed E-state index contributed by atoms with van der Waals surface area (Å²) in [4.78, 5) is 24.3. The highest BCUT2D eigenvalue weighted by atomic mass is 28.3. The number of ether oxygens (including phenoxy) is 3. The fourth-order valence-electron chi connectivity index (χ4n) is 3.42. The number of hydrogen-bond acceptors (Lipinski definition) is 6. The van der Waals surface area contributed by atoms with Crippen LogP contribution in [0.3, 0.4) is 0 Å². The summed E-state index contributed by atoms with van der Waals surface area (Å²) in [6.07, 6.45) is 4.22. The number of carbonyl (C=O) groups excluding carboxylic acids is 1. The fraction of sp³-hybridized carbons (Fsp3) is 0.429. The van der Waals surface area contributed by atoms with E-state index in [4.69, 9.17) is 19.0 Å². The van der Waals surface area contributed by atoms with Crippen molar-refractivity contribution in [2.75, 3.05) is 13.9 Å². The molecule has 194 valence electrons. The van der Waals surface area contributed by atoms with Crippen molar-refractivity contribution in [3.8, 4) is 11.5 Å². The zero-order valence-corrected chi connectivity index (χ0v) is 23.2. The van der Waals surface area contributed by atoms with Gasteiger partial charge in [-0.1, -0.05) is 63.3 Å². The summed E-state index contributed by atoms with van der Waals surface area (Å²) in [5, 5.41) is 0. The van der Waals surface area contributed by atoms with Gasteiger partial charge in [0.15, 0.2) is 0 Å². The van der Waals surface area contributed by atoms with Gasteiger partial charge in [-0.3, -0.25) is 4.79 Å². The van der Waals surface area contributed by atoms with E-state index in [0.29, 0.717) is 41.6 Å². The molecule has 1 atom stereocenters. The Balaban J connectivity index is 1.88. The van der Waals surface area contributed by atoms with Crippen LogP contribution in [-0.2, 0) is 17.8 Å². The Bertz CT molecular complexity index is 1120. The number of ketones is 1. The van der Waals surface area contributed by atoms with Crippen LogP contribution in [0.2, 0.25) is 19.6 Å². The molecule has 0 saturated carbocycles. The van der Waals surface area contributed by atoms with Gasteiger partial charge in [-0.05, 0) is 31.0 Å². The third-order valence-electron chi connectivity index (χ3n) is 6.17. The first-order valence-electron chi connectivity index (χ1n) is 12.5. The Labute approximate surface area is 215 Å². The lowest BCUT2D eigenvalue weighted by Gasteiger charge is -2.25. The van der Waals surface area contributed by atoms with E-state index in [1.165, 1.54) is 4.73 Å². The molecule has 0 fully saturated rings.